The number of aromatic nitrogens is 4. The molecule has 30 heavy (non-hydrogen) atoms. The van der Waals surface area contributed by atoms with Gasteiger partial charge in [-0.15, -0.1) is 0 Å². The number of nitrogens with zero attached hydrogens (tertiary/aromatic N) is 4. The molecule has 1 saturated heterocycles. The van der Waals surface area contributed by atoms with Gasteiger partial charge in [-0.05, 0) is 25.1 Å². The molecule has 3 atom stereocenters. The molecule has 1 fully saturated rings. The summed E-state index contributed by atoms with van der Waals surface area (Å²) in [4.78, 5) is 12.3. The van der Waals surface area contributed by atoms with Crippen LogP contribution in [0.3, 0.4) is 0 Å². The molecule has 12 heteroatoms. The highest BCUT2D eigenvalue weighted by Crippen LogP contribution is 2.56. The zero-order valence-corrected chi connectivity index (χ0v) is 17.7. The molecule has 3 heterocycles. The molecule has 1 aliphatic rings. The Bertz CT molecular complexity index is 1110. The zero-order valence-electron chi connectivity index (χ0n) is 16.1. The van der Waals surface area contributed by atoms with E-state index < -0.39 is 19.5 Å². The maximum atomic E-state index is 14.2. The lowest BCUT2D eigenvalue weighted by molar-refractivity contribution is 0.0331. The van der Waals surface area contributed by atoms with Gasteiger partial charge < -0.3 is 19.6 Å². The average molecular weight is 456 g/mol. The molecular weight excluding hydrogens is 436 g/mol. The van der Waals surface area contributed by atoms with Gasteiger partial charge in [-0.25, -0.2) is 19.3 Å². The van der Waals surface area contributed by atoms with Crippen LogP contribution in [0.15, 0.2) is 30.9 Å². The van der Waals surface area contributed by atoms with Crippen LogP contribution in [0.2, 0.25) is 5.02 Å². The Balaban J connectivity index is 1.40. The molecule has 0 bridgehead atoms. The Morgan fingerprint density at radius 2 is 2.27 bits per heavy atom. The Labute approximate surface area is 176 Å². The van der Waals surface area contributed by atoms with Gasteiger partial charge in [-0.3, -0.25) is 9.09 Å². The van der Waals surface area contributed by atoms with Crippen LogP contribution >= 0.6 is 19.2 Å². The minimum absolute atomic E-state index is 0.161. The van der Waals surface area contributed by atoms with E-state index >= 15 is 0 Å². The third-order valence-corrected chi connectivity index (χ3v) is 6.51. The molecule has 1 aliphatic heterocycles. The van der Waals surface area contributed by atoms with Crippen molar-refractivity contribution < 1.29 is 22.7 Å². The predicted molar refractivity (Wildman–Crippen MR) is 109 cm³/mol. The van der Waals surface area contributed by atoms with E-state index in [1.165, 1.54) is 24.5 Å². The van der Waals surface area contributed by atoms with Crippen LogP contribution in [-0.2, 0) is 24.9 Å². The number of rotatable bonds is 6. The molecule has 0 spiro atoms. The topological polar surface area (TPSA) is 114 Å². The van der Waals surface area contributed by atoms with Crippen LogP contribution in [0.1, 0.15) is 25.0 Å². The van der Waals surface area contributed by atoms with Crippen molar-refractivity contribution in [3.05, 3.63) is 47.3 Å². The monoisotopic (exact) mass is 455 g/mol. The maximum Gasteiger partial charge on any atom is 0.356 e. The van der Waals surface area contributed by atoms with Crippen molar-refractivity contribution in [1.82, 2.24) is 19.5 Å². The molecule has 0 amide bonds. The number of nitrogen functional groups attached to an aromatic ring is 1. The van der Waals surface area contributed by atoms with E-state index in [2.05, 4.69) is 15.0 Å². The van der Waals surface area contributed by atoms with Crippen molar-refractivity contribution in [2.24, 2.45) is 0 Å². The third kappa shape index (κ3) is 4.48. The molecule has 2 aromatic heterocycles. The first-order chi connectivity index (χ1) is 14.3. The van der Waals surface area contributed by atoms with Crippen LogP contribution in [0.5, 0.6) is 0 Å². The average Bonchev–Trinajstić information content (AvgIpc) is 3.12. The Hall–Kier alpha value is -2.10. The molecule has 4 rings (SSSR count). The highest BCUT2D eigenvalue weighted by Gasteiger charge is 2.36. The van der Waals surface area contributed by atoms with Crippen LogP contribution in [-0.4, -0.2) is 38.6 Å². The van der Waals surface area contributed by atoms with Crippen molar-refractivity contribution in [3.8, 4) is 0 Å². The summed E-state index contributed by atoms with van der Waals surface area (Å²) in [6, 6.07) is 4.17. The van der Waals surface area contributed by atoms with Crippen molar-refractivity contribution in [2.45, 2.75) is 32.1 Å². The minimum atomic E-state index is -3.57. The number of anilines is 1. The fourth-order valence-corrected chi connectivity index (χ4v) is 5.00. The molecule has 3 aromatic rings. The molecule has 160 valence electrons. The van der Waals surface area contributed by atoms with Gasteiger partial charge in [0.2, 0.25) is 0 Å². The van der Waals surface area contributed by atoms with E-state index in [0.717, 1.165) is 0 Å². The molecule has 9 nitrogen and oxygen atoms in total. The van der Waals surface area contributed by atoms with Gasteiger partial charge in [-0.2, -0.15) is 0 Å². The Morgan fingerprint density at radius 3 is 3.10 bits per heavy atom. The fourth-order valence-electron chi connectivity index (χ4n) is 3.20. The van der Waals surface area contributed by atoms with Gasteiger partial charge in [0.15, 0.2) is 11.5 Å². The number of hydrogen-bond acceptors (Lipinski definition) is 8. The number of fused-ring (bicyclic) bond motifs is 1. The quantitative estimate of drug-likeness (QED) is 0.556. The number of halogens is 2. The largest absolute Gasteiger partial charge is 0.382 e. The van der Waals surface area contributed by atoms with E-state index in [0.29, 0.717) is 35.0 Å². The number of imidazole rings is 1. The van der Waals surface area contributed by atoms with Gasteiger partial charge in [-0.1, -0.05) is 11.6 Å². The van der Waals surface area contributed by atoms with Gasteiger partial charge in [0, 0.05) is 17.0 Å². The van der Waals surface area contributed by atoms with Crippen molar-refractivity contribution in [2.75, 3.05) is 18.7 Å². The second kappa shape index (κ2) is 8.56. The summed E-state index contributed by atoms with van der Waals surface area (Å²) < 4.78 is 45.6. The van der Waals surface area contributed by atoms with E-state index in [1.807, 2.05) is 0 Å². The SMILES string of the molecule is CC(Cn1cnc2c(N)ncnc21)OC[P@@]1(=O)OCC[C@@H](c2cc(Cl)ccc2F)O1. The molecule has 0 aliphatic carbocycles. The lowest BCUT2D eigenvalue weighted by Gasteiger charge is -2.30. The van der Waals surface area contributed by atoms with Crippen molar-refractivity contribution in [1.29, 1.82) is 0 Å². The van der Waals surface area contributed by atoms with Gasteiger partial charge >= 0.3 is 7.60 Å². The number of hydrogen-bond donors (Lipinski definition) is 1. The second-order valence-corrected chi connectivity index (χ2v) is 9.31. The standard InChI is InChI=1S/C18H20ClFN5O4P/c1-11(7-25-9-24-16-17(21)22-8-23-18(16)25)27-10-30(26)28-5-4-15(29-30)13-6-12(19)2-3-14(13)20/h2-3,6,8-9,11,15H,4-5,7,10H2,1H3,(H2,21,22,23)/t11?,15-,30+/m0/s1. The molecule has 0 saturated carbocycles. The summed E-state index contributed by atoms with van der Waals surface area (Å²) in [7, 11) is -3.57. The lowest BCUT2D eigenvalue weighted by atomic mass is 10.1. The minimum Gasteiger partial charge on any atom is -0.382 e. The smallest absolute Gasteiger partial charge is 0.356 e. The maximum absolute atomic E-state index is 14.2. The number of nitrogens with two attached hydrogens (primary N) is 1. The first-order valence-corrected chi connectivity index (χ1v) is 11.3. The molecule has 1 aromatic carbocycles. The van der Waals surface area contributed by atoms with E-state index in [-0.39, 0.29) is 24.6 Å². The van der Waals surface area contributed by atoms with Crippen LogP contribution < -0.4 is 5.73 Å². The van der Waals surface area contributed by atoms with E-state index in [9.17, 15) is 8.96 Å². The Kier molecular flexibility index (Phi) is 6.04. The van der Waals surface area contributed by atoms with E-state index in [4.69, 9.17) is 31.1 Å². The first-order valence-electron chi connectivity index (χ1n) is 9.24. The summed E-state index contributed by atoms with van der Waals surface area (Å²) in [6.07, 6.45) is 1.95. The lowest BCUT2D eigenvalue weighted by Crippen LogP contribution is -2.21. The normalized spacial score (nSPS) is 23.0. The van der Waals surface area contributed by atoms with E-state index in [1.54, 1.807) is 17.8 Å². The molecule has 0 radical (unpaired) electrons. The highest BCUT2D eigenvalue weighted by atomic mass is 35.5. The second-order valence-electron chi connectivity index (χ2n) is 6.93. The molecular formula is C18H20ClFN5O4P. The summed E-state index contributed by atoms with van der Waals surface area (Å²) in [5.41, 5.74) is 7.12. The van der Waals surface area contributed by atoms with Gasteiger partial charge in [0.25, 0.3) is 0 Å². The van der Waals surface area contributed by atoms with Crippen molar-refractivity contribution >= 4 is 36.2 Å². The summed E-state index contributed by atoms with van der Waals surface area (Å²) in [5.74, 6) is -0.180. The number of benzene rings is 1. The van der Waals surface area contributed by atoms with Crippen LogP contribution in [0, 0.1) is 5.82 Å². The third-order valence-electron chi connectivity index (χ3n) is 4.66. The van der Waals surface area contributed by atoms with Crippen LogP contribution in [0.25, 0.3) is 11.2 Å². The predicted octanol–water partition coefficient (Wildman–Crippen LogP) is 3.93. The fraction of sp³-hybridized carbons (Fsp3) is 0.389. The molecule has 1 unspecified atom stereocenters. The Morgan fingerprint density at radius 1 is 1.43 bits per heavy atom. The first kappa shape index (κ1) is 21.1. The summed E-state index contributed by atoms with van der Waals surface area (Å²) in [5, 5.41) is 0.373. The zero-order chi connectivity index (χ0) is 21.3. The highest BCUT2D eigenvalue weighted by molar-refractivity contribution is 7.53. The van der Waals surface area contributed by atoms with Crippen LogP contribution in [0.4, 0.5) is 10.2 Å². The van der Waals surface area contributed by atoms with Crippen molar-refractivity contribution in [3.63, 3.8) is 0 Å². The van der Waals surface area contributed by atoms with Gasteiger partial charge in [0.05, 0.1) is 31.7 Å². The summed E-state index contributed by atoms with van der Waals surface area (Å²) >= 11 is 5.96. The van der Waals surface area contributed by atoms with Gasteiger partial charge in [0.1, 0.15) is 24.0 Å². The summed E-state index contributed by atoms with van der Waals surface area (Å²) in [6.45, 7) is 2.36. The number of ether oxygens (including phenoxy) is 1. The molecule has 2 N–H and O–H groups in total.